The molecule has 2 heterocycles. The summed E-state index contributed by atoms with van der Waals surface area (Å²) in [6.07, 6.45) is 3.53. The van der Waals surface area contributed by atoms with Crippen molar-refractivity contribution in [3.8, 4) is 0 Å². The summed E-state index contributed by atoms with van der Waals surface area (Å²) in [7, 11) is 0. The van der Waals surface area contributed by atoms with Crippen molar-refractivity contribution in [1.82, 2.24) is 9.80 Å². The highest BCUT2D eigenvalue weighted by Gasteiger charge is 2.53. The number of amides is 3. The first-order valence-electron chi connectivity index (χ1n) is 9.93. The van der Waals surface area contributed by atoms with Crippen molar-refractivity contribution in [2.75, 3.05) is 6.54 Å². The number of rotatable bonds is 3. The molecule has 5 nitrogen and oxygen atoms in total. The van der Waals surface area contributed by atoms with Crippen LogP contribution in [-0.2, 0) is 4.79 Å². The van der Waals surface area contributed by atoms with Gasteiger partial charge in [0.1, 0.15) is 6.04 Å². The van der Waals surface area contributed by atoms with Gasteiger partial charge in [-0.1, -0.05) is 39.8 Å². The largest absolute Gasteiger partial charge is 0.337 e. The minimum atomic E-state index is -0.719. The van der Waals surface area contributed by atoms with Crippen molar-refractivity contribution in [1.29, 1.82) is 0 Å². The second-order valence-corrected chi connectivity index (χ2v) is 9.63. The van der Waals surface area contributed by atoms with E-state index in [1.165, 1.54) is 4.90 Å². The van der Waals surface area contributed by atoms with Gasteiger partial charge in [-0.25, -0.2) is 0 Å². The Morgan fingerprint density at radius 1 is 1.11 bits per heavy atom. The molecule has 2 aliphatic heterocycles. The standard InChI is InChI=1S/C22H28N2O3/c1-5-17(24-18(25)15-8-6-7-9-16(15)19(24)26)20(27)23-13-22(4)11-14(23)10-21(2,3)12-22/h6-9,14,17H,5,10-13H2,1-4H3/t14-,17+,22+/m0/s1. The van der Waals surface area contributed by atoms with Crippen LogP contribution in [-0.4, -0.2) is 46.1 Å². The van der Waals surface area contributed by atoms with Gasteiger partial charge in [-0.05, 0) is 48.6 Å². The molecule has 3 atom stereocenters. The highest BCUT2D eigenvalue weighted by atomic mass is 16.2. The van der Waals surface area contributed by atoms with E-state index in [1.807, 2.05) is 11.8 Å². The number of fused-ring (bicyclic) bond motifs is 3. The summed E-state index contributed by atoms with van der Waals surface area (Å²) >= 11 is 0. The molecule has 0 unspecified atom stereocenters. The number of nitrogens with zero attached hydrogens (tertiary/aromatic N) is 2. The third-order valence-electron chi connectivity index (χ3n) is 6.51. The summed E-state index contributed by atoms with van der Waals surface area (Å²) in [5.41, 5.74) is 1.15. The maximum Gasteiger partial charge on any atom is 0.262 e. The van der Waals surface area contributed by atoms with E-state index in [-0.39, 0.29) is 34.6 Å². The van der Waals surface area contributed by atoms with Gasteiger partial charge in [0.15, 0.2) is 0 Å². The minimum absolute atomic E-state index is 0.0709. The van der Waals surface area contributed by atoms with Gasteiger partial charge < -0.3 is 4.90 Å². The lowest BCUT2D eigenvalue weighted by Crippen LogP contribution is -2.52. The first kappa shape index (κ1) is 18.2. The molecule has 0 spiro atoms. The van der Waals surface area contributed by atoms with E-state index in [9.17, 15) is 14.4 Å². The monoisotopic (exact) mass is 368 g/mol. The Labute approximate surface area is 160 Å². The van der Waals surface area contributed by atoms with Crippen LogP contribution in [0, 0.1) is 10.8 Å². The van der Waals surface area contributed by atoms with Crippen molar-refractivity contribution in [2.24, 2.45) is 10.8 Å². The Bertz CT molecular complexity index is 796. The van der Waals surface area contributed by atoms with Gasteiger partial charge in [-0.2, -0.15) is 0 Å². The minimum Gasteiger partial charge on any atom is -0.337 e. The lowest BCUT2D eigenvalue weighted by molar-refractivity contribution is -0.136. The third kappa shape index (κ3) is 2.79. The zero-order valence-electron chi connectivity index (χ0n) is 16.6. The SMILES string of the molecule is CC[C@H](C(=O)N1C[C@]2(C)C[C@@H]1CC(C)(C)C2)N1C(=O)c2ccccc2C1=O. The molecule has 3 aliphatic rings. The summed E-state index contributed by atoms with van der Waals surface area (Å²) in [6, 6.07) is 6.32. The molecule has 3 amide bonds. The van der Waals surface area contributed by atoms with Crippen molar-refractivity contribution in [2.45, 2.75) is 65.5 Å². The third-order valence-corrected chi connectivity index (χ3v) is 6.51. The van der Waals surface area contributed by atoms with Crippen LogP contribution < -0.4 is 0 Å². The smallest absolute Gasteiger partial charge is 0.262 e. The Morgan fingerprint density at radius 3 is 2.26 bits per heavy atom. The van der Waals surface area contributed by atoms with Crippen molar-refractivity contribution in [3.05, 3.63) is 35.4 Å². The Balaban J connectivity index is 1.62. The summed E-state index contributed by atoms with van der Waals surface area (Å²) in [5.74, 6) is -0.757. The summed E-state index contributed by atoms with van der Waals surface area (Å²) < 4.78 is 0. The van der Waals surface area contributed by atoms with Crippen LogP contribution in [0.15, 0.2) is 24.3 Å². The summed E-state index contributed by atoms with van der Waals surface area (Å²) in [4.78, 5) is 42.4. The second-order valence-electron chi connectivity index (χ2n) is 9.63. The van der Waals surface area contributed by atoms with Gasteiger partial charge in [-0.15, -0.1) is 0 Å². The maximum atomic E-state index is 13.5. The van der Waals surface area contributed by atoms with Crippen LogP contribution in [0.5, 0.6) is 0 Å². The average molecular weight is 368 g/mol. The van der Waals surface area contributed by atoms with Crippen molar-refractivity contribution < 1.29 is 14.4 Å². The topological polar surface area (TPSA) is 57.7 Å². The number of hydrogen-bond donors (Lipinski definition) is 0. The highest BCUT2D eigenvalue weighted by Crippen LogP contribution is 2.52. The molecule has 1 aliphatic carbocycles. The van der Waals surface area contributed by atoms with Gasteiger partial charge in [-0.3, -0.25) is 19.3 Å². The predicted molar refractivity (Wildman–Crippen MR) is 102 cm³/mol. The highest BCUT2D eigenvalue weighted by molar-refractivity contribution is 6.22. The van der Waals surface area contributed by atoms with Gasteiger partial charge in [0.25, 0.3) is 11.8 Å². The molecular formula is C22H28N2O3. The van der Waals surface area contributed by atoms with E-state index in [2.05, 4.69) is 20.8 Å². The molecule has 5 heteroatoms. The summed E-state index contributed by atoms with van der Waals surface area (Å²) in [6.45, 7) is 9.40. The van der Waals surface area contributed by atoms with Gasteiger partial charge in [0, 0.05) is 12.6 Å². The molecule has 0 N–H and O–H groups in total. The average Bonchev–Trinajstić information content (AvgIpc) is 3.00. The number of benzene rings is 1. The maximum absolute atomic E-state index is 13.5. The van der Waals surface area contributed by atoms with Gasteiger partial charge >= 0.3 is 0 Å². The number of imide groups is 1. The molecule has 1 aromatic carbocycles. The van der Waals surface area contributed by atoms with Crippen LogP contribution in [0.1, 0.15) is 74.1 Å². The van der Waals surface area contributed by atoms with E-state index in [1.54, 1.807) is 24.3 Å². The Kier molecular flexibility index (Phi) is 3.99. The van der Waals surface area contributed by atoms with E-state index in [0.717, 1.165) is 25.8 Å². The summed E-state index contributed by atoms with van der Waals surface area (Å²) in [5, 5.41) is 0. The molecule has 0 aromatic heterocycles. The van der Waals surface area contributed by atoms with Gasteiger partial charge in [0.2, 0.25) is 5.91 Å². The molecule has 144 valence electrons. The lowest BCUT2D eigenvalue weighted by atomic mass is 9.65. The van der Waals surface area contributed by atoms with E-state index in [4.69, 9.17) is 0 Å². The molecule has 1 saturated carbocycles. The van der Waals surface area contributed by atoms with E-state index >= 15 is 0 Å². The predicted octanol–water partition coefficient (Wildman–Crippen LogP) is 3.49. The van der Waals surface area contributed by atoms with Crippen LogP contribution in [0.3, 0.4) is 0 Å². The fraction of sp³-hybridized carbons (Fsp3) is 0.591. The van der Waals surface area contributed by atoms with Crippen LogP contribution >= 0.6 is 0 Å². The van der Waals surface area contributed by atoms with E-state index < -0.39 is 6.04 Å². The molecule has 1 saturated heterocycles. The quantitative estimate of drug-likeness (QED) is 0.768. The fourth-order valence-electron chi connectivity index (χ4n) is 5.87. The zero-order valence-corrected chi connectivity index (χ0v) is 16.6. The molecule has 2 bridgehead atoms. The molecular weight excluding hydrogens is 340 g/mol. The van der Waals surface area contributed by atoms with Gasteiger partial charge in [0.05, 0.1) is 11.1 Å². The number of carbonyl (C=O) groups is 3. The number of likely N-dealkylation sites (tertiary alicyclic amines) is 1. The van der Waals surface area contributed by atoms with Crippen LogP contribution in [0.2, 0.25) is 0 Å². The van der Waals surface area contributed by atoms with Crippen LogP contribution in [0.25, 0.3) is 0 Å². The Morgan fingerprint density at radius 2 is 1.70 bits per heavy atom. The van der Waals surface area contributed by atoms with Crippen LogP contribution in [0.4, 0.5) is 0 Å². The first-order chi connectivity index (χ1) is 12.7. The molecule has 27 heavy (non-hydrogen) atoms. The molecule has 4 rings (SSSR count). The van der Waals surface area contributed by atoms with Crippen molar-refractivity contribution in [3.63, 3.8) is 0 Å². The molecule has 2 fully saturated rings. The molecule has 1 aromatic rings. The molecule has 0 radical (unpaired) electrons. The number of hydrogen-bond acceptors (Lipinski definition) is 3. The normalized spacial score (nSPS) is 29.9. The lowest BCUT2D eigenvalue weighted by Gasteiger charge is -2.39. The second kappa shape index (κ2) is 5.91. The van der Waals surface area contributed by atoms with E-state index in [0.29, 0.717) is 17.5 Å². The van der Waals surface area contributed by atoms with Crippen molar-refractivity contribution >= 4 is 17.7 Å². The first-order valence-corrected chi connectivity index (χ1v) is 9.93. The zero-order chi connectivity index (χ0) is 19.6. The Hall–Kier alpha value is -2.17. The fourth-order valence-corrected chi connectivity index (χ4v) is 5.87. The number of carbonyl (C=O) groups excluding carboxylic acids is 3.